The molecule has 3 nitrogen and oxygen atoms in total. The summed E-state index contributed by atoms with van der Waals surface area (Å²) in [6.45, 7) is 1.02. The Morgan fingerprint density at radius 3 is 3.10 bits per heavy atom. The minimum atomic E-state index is 0.493. The van der Waals surface area contributed by atoms with Crippen LogP contribution in [0.25, 0.3) is 0 Å². The van der Waals surface area contributed by atoms with Crippen LogP contribution in [0.15, 0.2) is 6.20 Å². The van der Waals surface area contributed by atoms with Gasteiger partial charge in [-0.3, -0.25) is 0 Å². The summed E-state index contributed by atoms with van der Waals surface area (Å²) < 4.78 is 5.62. The molecule has 1 rings (SSSR count). The van der Waals surface area contributed by atoms with Gasteiger partial charge in [0, 0.05) is 6.54 Å². The number of aromatic nitrogens is 1. The molecule has 0 bridgehead atoms. The Morgan fingerprint density at radius 2 is 2.60 bits per heavy atom. The lowest BCUT2D eigenvalue weighted by molar-refractivity contribution is 0.337. The summed E-state index contributed by atoms with van der Waals surface area (Å²) in [5.74, 6) is 0. The van der Waals surface area contributed by atoms with Crippen molar-refractivity contribution in [2.24, 2.45) is 5.73 Å². The van der Waals surface area contributed by atoms with Gasteiger partial charge in [-0.2, -0.15) is 0 Å². The van der Waals surface area contributed by atoms with Crippen LogP contribution in [0.4, 0.5) is 0 Å². The Morgan fingerprint density at radius 1 is 1.80 bits per heavy atom. The number of nitrogens with two attached hydrogens (primary N) is 1. The van der Waals surface area contributed by atoms with Crippen molar-refractivity contribution in [3.8, 4) is 5.06 Å². The van der Waals surface area contributed by atoms with E-state index in [0.717, 1.165) is 5.06 Å². The Hall–Kier alpha value is -0.320. The molecule has 5 heteroatoms. The summed E-state index contributed by atoms with van der Waals surface area (Å²) in [6, 6.07) is 0. The first-order valence-corrected chi connectivity index (χ1v) is 3.96. The van der Waals surface area contributed by atoms with Crippen molar-refractivity contribution in [1.82, 2.24) is 4.98 Å². The van der Waals surface area contributed by atoms with Crippen LogP contribution in [0, 0.1) is 0 Å². The normalized spacial score (nSPS) is 9.80. The van der Waals surface area contributed by atoms with E-state index in [1.807, 2.05) is 0 Å². The average molecular weight is 179 g/mol. The lowest BCUT2D eigenvalue weighted by atomic mass is 10.7. The first-order valence-electron chi connectivity index (χ1n) is 2.77. The summed E-state index contributed by atoms with van der Waals surface area (Å²) in [4.78, 5) is 3.79. The summed E-state index contributed by atoms with van der Waals surface area (Å²) in [7, 11) is 0. The van der Waals surface area contributed by atoms with Crippen molar-refractivity contribution in [3.05, 3.63) is 10.7 Å². The fraction of sp³-hybridized carbons (Fsp3) is 0.400. The molecule has 1 aromatic heterocycles. The highest BCUT2D eigenvalue weighted by molar-refractivity contribution is 7.17. The summed E-state index contributed by atoms with van der Waals surface area (Å²) in [5, 5.41) is 0.718. The number of hydrogen-bond acceptors (Lipinski definition) is 4. The van der Waals surface area contributed by atoms with Crippen LogP contribution in [-0.2, 0) is 0 Å². The molecule has 2 N–H and O–H groups in total. The lowest BCUT2D eigenvalue weighted by Gasteiger charge is -1.96. The first kappa shape index (κ1) is 7.78. The van der Waals surface area contributed by atoms with Gasteiger partial charge in [0.05, 0.1) is 6.20 Å². The minimum Gasteiger partial charge on any atom is -0.481 e. The zero-order valence-corrected chi connectivity index (χ0v) is 6.78. The van der Waals surface area contributed by atoms with E-state index in [-0.39, 0.29) is 0 Å². The zero-order chi connectivity index (χ0) is 7.40. The second-order valence-corrected chi connectivity index (χ2v) is 3.14. The molecular weight excluding hydrogens is 172 g/mol. The Kier molecular flexibility index (Phi) is 2.92. The third kappa shape index (κ3) is 2.13. The van der Waals surface area contributed by atoms with E-state index >= 15 is 0 Å². The quantitative estimate of drug-likeness (QED) is 0.755. The molecule has 1 heterocycles. The van der Waals surface area contributed by atoms with Crippen molar-refractivity contribution in [2.75, 3.05) is 13.2 Å². The summed E-state index contributed by atoms with van der Waals surface area (Å²) in [6.07, 6.45) is 1.59. The maximum absolute atomic E-state index is 5.54. The molecule has 0 saturated heterocycles. The van der Waals surface area contributed by atoms with Gasteiger partial charge in [0.25, 0.3) is 0 Å². The van der Waals surface area contributed by atoms with Gasteiger partial charge in [-0.05, 0) is 0 Å². The van der Waals surface area contributed by atoms with Crippen molar-refractivity contribution in [2.45, 2.75) is 0 Å². The summed E-state index contributed by atoms with van der Waals surface area (Å²) >= 11 is 6.84. The first-order chi connectivity index (χ1) is 4.83. The standard InChI is InChI=1S/C5H7ClN2OS/c6-5-8-3-4(10-5)9-2-1-7/h3H,1-2,7H2. The van der Waals surface area contributed by atoms with Crippen LogP contribution in [0.5, 0.6) is 5.06 Å². The smallest absolute Gasteiger partial charge is 0.195 e. The fourth-order valence-electron chi connectivity index (χ4n) is 0.465. The molecule has 0 amide bonds. The van der Waals surface area contributed by atoms with Gasteiger partial charge in [-0.1, -0.05) is 22.9 Å². The van der Waals surface area contributed by atoms with Crippen molar-refractivity contribution in [3.63, 3.8) is 0 Å². The highest BCUT2D eigenvalue weighted by Crippen LogP contribution is 2.24. The molecule has 0 saturated carbocycles. The number of nitrogens with zero attached hydrogens (tertiary/aromatic N) is 1. The summed E-state index contributed by atoms with van der Waals surface area (Å²) in [5.41, 5.74) is 5.21. The van der Waals surface area contributed by atoms with Crippen LogP contribution in [0.2, 0.25) is 4.47 Å². The molecule has 1 aromatic rings. The SMILES string of the molecule is NCCOc1cnc(Cl)s1. The van der Waals surface area contributed by atoms with Crippen LogP contribution in [-0.4, -0.2) is 18.1 Å². The Balaban J connectivity index is 2.42. The molecule has 0 aromatic carbocycles. The van der Waals surface area contributed by atoms with E-state index in [2.05, 4.69) is 4.98 Å². The van der Waals surface area contributed by atoms with Gasteiger partial charge in [0.2, 0.25) is 0 Å². The molecule has 0 aliphatic carbocycles. The van der Waals surface area contributed by atoms with Crippen molar-refractivity contribution in [1.29, 1.82) is 0 Å². The highest BCUT2D eigenvalue weighted by Gasteiger charge is 1.97. The molecule has 0 atom stereocenters. The van der Waals surface area contributed by atoms with Gasteiger partial charge >= 0.3 is 0 Å². The van der Waals surface area contributed by atoms with Gasteiger partial charge in [-0.15, -0.1) is 0 Å². The molecule has 0 fully saturated rings. The molecule has 0 spiro atoms. The molecular formula is C5H7ClN2OS. The monoisotopic (exact) mass is 178 g/mol. The second kappa shape index (κ2) is 3.75. The van der Waals surface area contributed by atoms with E-state index in [9.17, 15) is 0 Å². The van der Waals surface area contributed by atoms with Crippen LogP contribution < -0.4 is 10.5 Å². The van der Waals surface area contributed by atoms with Gasteiger partial charge < -0.3 is 10.5 Å². The molecule has 10 heavy (non-hydrogen) atoms. The average Bonchev–Trinajstić information content (AvgIpc) is 2.31. The number of ether oxygens (including phenoxy) is 1. The van der Waals surface area contributed by atoms with E-state index < -0.39 is 0 Å². The predicted molar refractivity (Wildman–Crippen MR) is 41.7 cm³/mol. The van der Waals surface area contributed by atoms with E-state index in [4.69, 9.17) is 22.1 Å². The maximum Gasteiger partial charge on any atom is 0.195 e. The number of thiazole rings is 1. The number of rotatable bonds is 3. The minimum absolute atomic E-state index is 0.493. The predicted octanol–water partition coefficient (Wildman–Crippen LogP) is 1.13. The van der Waals surface area contributed by atoms with Gasteiger partial charge in [-0.25, -0.2) is 4.98 Å². The van der Waals surface area contributed by atoms with E-state index in [1.165, 1.54) is 11.3 Å². The Labute approximate surface area is 67.8 Å². The van der Waals surface area contributed by atoms with E-state index in [1.54, 1.807) is 6.20 Å². The van der Waals surface area contributed by atoms with Gasteiger partial charge in [0.15, 0.2) is 9.53 Å². The second-order valence-electron chi connectivity index (χ2n) is 1.57. The van der Waals surface area contributed by atoms with Crippen molar-refractivity contribution >= 4 is 22.9 Å². The van der Waals surface area contributed by atoms with Crippen LogP contribution in [0.1, 0.15) is 0 Å². The molecule has 0 radical (unpaired) electrons. The third-order valence-corrected chi connectivity index (χ3v) is 1.85. The lowest BCUT2D eigenvalue weighted by Crippen LogP contribution is -2.09. The van der Waals surface area contributed by atoms with Crippen LogP contribution >= 0.6 is 22.9 Å². The van der Waals surface area contributed by atoms with E-state index in [0.29, 0.717) is 17.6 Å². The third-order valence-electron chi connectivity index (χ3n) is 0.818. The topological polar surface area (TPSA) is 48.1 Å². The number of hydrogen-bond donors (Lipinski definition) is 1. The van der Waals surface area contributed by atoms with Crippen LogP contribution in [0.3, 0.4) is 0 Å². The Bertz CT molecular complexity index is 203. The van der Waals surface area contributed by atoms with Crippen molar-refractivity contribution < 1.29 is 4.74 Å². The molecule has 0 aliphatic rings. The number of halogens is 1. The zero-order valence-electron chi connectivity index (χ0n) is 5.21. The highest BCUT2D eigenvalue weighted by atomic mass is 35.5. The largest absolute Gasteiger partial charge is 0.481 e. The van der Waals surface area contributed by atoms with Gasteiger partial charge in [0.1, 0.15) is 6.61 Å². The molecule has 56 valence electrons. The fourth-order valence-corrected chi connectivity index (χ4v) is 1.26. The maximum atomic E-state index is 5.54. The molecule has 0 unspecified atom stereocenters. The molecule has 0 aliphatic heterocycles.